The SMILES string of the molecule is CCc1ncnc(N2CCCC(COc3cnccn3)C2)c1F. The highest BCUT2D eigenvalue weighted by Gasteiger charge is 2.24. The zero-order valence-corrected chi connectivity index (χ0v) is 13.2. The minimum Gasteiger partial charge on any atom is -0.476 e. The molecular formula is C16H20FN5O. The van der Waals surface area contributed by atoms with Gasteiger partial charge in [0, 0.05) is 31.4 Å². The van der Waals surface area contributed by atoms with Crippen LogP contribution in [0, 0.1) is 11.7 Å². The summed E-state index contributed by atoms with van der Waals surface area (Å²) in [6.45, 7) is 3.96. The molecule has 1 unspecified atom stereocenters. The van der Waals surface area contributed by atoms with Gasteiger partial charge < -0.3 is 9.64 Å². The Morgan fingerprint density at radius 2 is 2.22 bits per heavy atom. The summed E-state index contributed by atoms with van der Waals surface area (Å²) in [6, 6.07) is 0. The van der Waals surface area contributed by atoms with Crippen molar-refractivity contribution >= 4 is 5.82 Å². The monoisotopic (exact) mass is 317 g/mol. The highest BCUT2D eigenvalue weighted by molar-refractivity contribution is 5.41. The van der Waals surface area contributed by atoms with Gasteiger partial charge in [-0.05, 0) is 19.3 Å². The largest absolute Gasteiger partial charge is 0.476 e. The minimum absolute atomic E-state index is 0.300. The van der Waals surface area contributed by atoms with Crippen molar-refractivity contribution in [1.82, 2.24) is 19.9 Å². The van der Waals surface area contributed by atoms with E-state index in [0.29, 0.717) is 36.3 Å². The normalized spacial score (nSPS) is 18.0. The van der Waals surface area contributed by atoms with Crippen molar-refractivity contribution in [2.45, 2.75) is 26.2 Å². The van der Waals surface area contributed by atoms with E-state index in [1.807, 2.05) is 11.8 Å². The molecule has 1 aliphatic rings. The van der Waals surface area contributed by atoms with Gasteiger partial charge in [0.2, 0.25) is 5.88 Å². The summed E-state index contributed by atoms with van der Waals surface area (Å²) in [7, 11) is 0. The highest BCUT2D eigenvalue weighted by atomic mass is 19.1. The molecule has 0 N–H and O–H groups in total. The molecule has 0 radical (unpaired) electrons. The second-order valence-corrected chi connectivity index (χ2v) is 5.62. The average Bonchev–Trinajstić information content (AvgIpc) is 2.61. The standard InChI is InChI=1S/C16H20FN5O/c1-2-13-15(17)16(21-11-20-13)22-7-3-4-12(9-22)10-23-14-8-18-5-6-19-14/h5-6,8,11-12H,2-4,7,9-10H2,1H3. The number of piperidine rings is 1. The van der Waals surface area contributed by atoms with Gasteiger partial charge in [0.1, 0.15) is 6.33 Å². The summed E-state index contributed by atoms with van der Waals surface area (Å²) in [4.78, 5) is 18.2. The number of aryl methyl sites for hydroxylation is 1. The third-order valence-electron chi connectivity index (χ3n) is 4.00. The van der Waals surface area contributed by atoms with Crippen LogP contribution < -0.4 is 9.64 Å². The molecule has 23 heavy (non-hydrogen) atoms. The molecule has 0 aliphatic carbocycles. The van der Waals surface area contributed by atoms with E-state index in [0.717, 1.165) is 25.9 Å². The van der Waals surface area contributed by atoms with Crippen molar-refractivity contribution in [3.63, 3.8) is 0 Å². The average molecular weight is 317 g/mol. The minimum atomic E-state index is -0.300. The van der Waals surface area contributed by atoms with Crippen molar-refractivity contribution in [2.24, 2.45) is 5.92 Å². The van der Waals surface area contributed by atoms with E-state index in [1.54, 1.807) is 18.6 Å². The van der Waals surface area contributed by atoms with E-state index in [9.17, 15) is 4.39 Å². The third kappa shape index (κ3) is 3.72. The number of halogens is 1. The Kier molecular flexibility index (Phi) is 4.95. The molecule has 3 heterocycles. The lowest BCUT2D eigenvalue weighted by atomic mass is 9.99. The molecule has 1 saturated heterocycles. The lowest BCUT2D eigenvalue weighted by Gasteiger charge is -2.33. The first-order valence-corrected chi connectivity index (χ1v) is 7.91. The lowest BCUT2D eigenvalue weighted by Crippen LogP contribution is -2.39. The Balaban J connectivity index is 1.64. The molecule has 3 rings (SSSR count). The molecule has 1 fully saturated rings. The Morgan fingerprint density at radius 1 is 1.30 bits per heavy atom. The summed E-state index contributed by atoms with van der Waals surface area (Å²) < 4.78 is 20.1. The second-order valence-electron chi connectivity index (χ2n) is 5.62. The number of nitrogens with zero attached hydrogens (tertiary/aromatic N) is 5. The maximum atomic E-state index is 14.4. The zero-order valence-electron chi connectivity index (χ0n) is 13.2. The Labute approximate surface area is 134 Å². The summed E-state index contributed by atoms with van der Waals surface area (Å²) >= 11 is 0. The van der Waals surface area contributed by atoms with Gasteiger partial charge in [0.15, 0.2) is 11.6 Å². The molecule has 1 aliphatic heterocycles. The fourth-order valence-electron chi connectivity index (χ4n) is 2.82. The van der Waals surface area contributed by atoms with Crippen LogP contribution in [-0.2, 0) is 6.42 Å². The first-order chi connectivity index (χ1) is 11.3. The predicted octanol–water partition coefficient (Wildman–Crippen LogP) is 2.26. The first kappa shape index (κ1) is 15.6. The van der Waals surface area contributed by atoms with Crippen LogP contribution in [-0.4, -0.2) is 39.6 Å². The summed E-state index contributed by atoms with van der Waals surface area (Å²) in [5, 5.41) is 0. The summed E-state index contributed by atoms with van der Waals surface area (Å²) in [6.07, 6.45) is 8.84. The molecule has 0 saturated carbocycles. The van der Waals surface area contributed by atoms with Crippen molar-refractivity contribution in [1.29, 1.82) is 0 Å². The van der Waals surface area contributed by atoms with E-state index in [-0.39, 0.29) is 5.82 Å². The van der Waals surface area contributed by atoms with Crippen molar-refractivity contribution in [2.75, 3.05) is 24.6 Å². The number of hydrogen-bond donors (Lipinski definition) is 0. The van der Waals surface area contributed by atoms with Gasteiger partial charge in [-0.15, -0.1) is 0 Å². The molecule has 1 atom stereocenters. The Hall–Kier alpha value is -2.31. The van der Waals surface area contributed by atoms with Gasteiger partial charge in [-0.25, -0.2) is 19.3 Å². The van der Waals surface area contributed by atoms with E-state index >= 15 is 0 Å². The predicted molar refractivity (Wildman–Crippen MR) is 83.8 cm³/mol. The number of rotatable bonds is 5. The van der Waals surface area contributed by atoms with E-state index < -0.39 is 0 Å². The maximum Gasteiger partial charge on any atom is 0.232 e. The van der Waals surface area contributed by atoms with Gasteiger partial charge in [-0.2, -0.15) is 0 Å². The molecule has 2 aromatic heterocycles. The summed E-state index contributed by atoms with van der Waals surface area (Å²) in [5.74, 6) is 0.933. The van der Waals surface area contributed by atoms with Crippen LogP contribution in [0.4, 0.5) is 10.2 Å². The molecule has 0 bridgehead atoms. The van der Waals surface area contributed by atoms with Gasteiger partial charge in [-0.3, -0.25) is 4.98 Å². The van der Waals surface area contributed by atoms with Gasteiger partial charge in [0.05, 0.1) is 18.5 Å². The van der Waals surface area contributed by atoms with Crippen molar-refractivity contribution < 1.29 is 9.13 Å². The first-order valence-electron chi connectivity index (χ1n) is 7.91. The molecule has 2 aromatic rings. The fourth-order valence-corrected chi connectivity index (χ4v) is 2.82. The molecular weight excluding hydrogens is 297 g/mol. The number of hydrogen-bond acceptors (Lipinski definition) is 6. The van der Waals surface area contributed by atoms with E-state index in [1.165, 1.54) is 6.33 Å². The maximum absolute atomic E-state index is 14.4. The van der Waals surface area contributed by atoms with Crippen LogP contribution in [0.1, 0.15) is 25.5 Å². The smallest absolute Gasteiger partial charge is 0.232 e. The number of ether oxygens (including phenoxy) is 1. The number of aromatic nitrogens is 4. The topological polar surface area (TPSA) is 64.0 Å². The zero-order chi connectivity index (χ0) is 16.1. The molecule has 7 heteroatoms. The second kappa shape index (κ2) is 7.30. The van der Waals surface area contributed by atoms with E-state index in [2.05, 4.69) is 19.9 Å². The number of anilines is 1. The molecule has 6 nitrogen and oxygen atoms in total. The highest BCUT2D eigenvalue weighted by Crippen LogP contribution is 2.25. The Bertz CT molecular complexity index is 640. The third-order valence-corrected chi connectivity index (χ3v) is 4.00. The lowest BCUT2D eigenvalue weighted by molar-refractivity contribution is 0.220. The van der Waals surface area contributed by atoms with Crippen LogP contribution in [0.15, 0.2) is 24.9 Å². The fraction of sp³-hybridized carbons (Fsp3) is 0.500. The van der Waals surface area contributed by atoms with Crippen LogP contribution in [0.5, 0.6) is 5.88 Å². The quantitative estimate of drug-likeness (QED) is 0.843. The van der Waals surface area contributed by atoms with Gasteiger partial charge >= 0.3 is 0 Å². The molecule has 0 aromatic carbocycles. The van der Waals surface area contributed by atoms with Crippen molar-refractivity contribution in [3.05, 3.63) is 36.4 Å². The molecule has 0 amide bonds. The van der Waals surface area contributed by atoms with Gasteiger partial charge in [0.25, 0.3) is 0 Å². The van der Waals surface area contributed by atoms with Crippen LogP contribution in [0.3, 0.4) is 0 Å². The van der Waals surface area contributed by atoms with Crippen LogP contribution in [0.2, 0.25) is 0 Å². The van der Waals surface area contributed by atoms with E-state index in [4.69, 9.17) is 4.74 Å². The van der Waals surface area contributed by atoms with Crippen molar-refractivity contribution in [3.8, 4) is 5.88 Å². The van der Waals surface area contributed by atoms with Gasteiger partial charge in [-0.1, -0.05) is 6.92 Å². The summed E-state index contributed by atoms with van der Waals surface area (Å²) in [5.41, 5.74) is 0.466. The molecule has 0 spiro atoms. The Morgan fingerprint density at radius 3 is 3.00 bits per heavy atom. The van der Waals surface area contributed by atoms with Crippen LogP contribution in [0.25, 0.3) is 0 Å². The van der Waals surface area contributed by atoms with Crippen LogP contribution >= 0.6 is 0 Å². The molecule has 122 valence electrons.